The molecule has 2 aliphatic rings. The molecule has 0 aromatic heterocycles. The molecule has 0 aromatic carbocycles. The second kappa shape index (κ2) is 6.88. The highest BCUT2D eigenvalue weighted by Gasteiger charge is 2.43. The lowest BCUT2D eigenvalue weighted by Crippen LogP contribution is -2.63. The van der Waals surface area contributed by atoms with Gasteiger partial charge in [0.1, 0.15) is 0 Å². The Hall–Kier alpha value is 0.0600. The Morgan fingerprint density at radius 2 is 2.00 bits per heavy atom. The van der Waals surface area contributed by atoms with Gasteiger partial charge in [0.05, 0.1) is 0 Å². The molecule has 1 heterocycles. The van der Waals surface area contributed by atoms with Crippen LogP contribution in [0, 0.1) is 0 Å². The average molecular weight is 310 g/mol. The lowest BCUT2D eigenvalue weighted by atomic mass is 9.90. The molecule has 118 valence electrons. The molecular formula is C14H25F3N2S. The summed E-state index contributed by atoms with van der Waals surface area (Å²) in [6, 6.07) is 0.446. The quantitative estimate of drug-likeness (QED) is 0.835. The number of hydrogen-bond acceptors (Lipinski definition) is 3. The number of thioether (sulfide) groups is 1. The minimum Gasteiger partial charge on any atom is -0.311 e. The van der Waals surface area contributed by atoms with E-state index in [1.165, 1.54) is 12.8 Å². The SMILES string of the molecule is CCCC1CN(CCSC(F)(F)F)C2(CCCC2)CN1. The molecule has 20 heavy (non-hydrogen) atoms. The Kier molecular flexibility index (Phi) is 5.65. The smallest absolute Gasteiger partial charge is 0.311 e. The molecular weight excluding hydrogens is 285 g/mol. The molecule has 0 aromatic rings. The molecule has 0 radical (unpaired) electrons. The van der Waals surface area contributed by atoms with Crippen LogP contribution in [0.1, 0.15) is 45.4 Å². The first-order chi connectivity index (χ1) is 9.45. The molecule has 2 fully saturated rings. The van der Waals surface area contributed by atoms with Gasteiger partial charge in [-0.1, -0.05) is 26.2 Å². The molecule has 1 saturated heterocycles. The van der Waals surface area contributed by atoms with Gasteiger partial charge < -0.3 is 5.32 Å². The predicted molar refractivity (Wildman–Crippen MR) is 78.0 cm³/mol. The molecule has 6 heteroatoms. The summed E-state index contributed by atoms with van der Waals surface area (Å²) in [6.07, 6.45) is 6.92. The number of rotatable bonds is 5. The third-order valence-corrected chi connectivity index (χ3v) is 5.34. The number of piperazine rings is 1. The molecule has 1 aliphatic carbocycles. The Morgan fingerprint density at radius 3 is 2.60 bits per heavy atom. The number of nitrogens with one attached hydrogen (secondary N) is 1. The zero-order valence-corrected chi connectivity index (χ0v) is 13.0. The van der Waals surface area contributed by atoms with Crippen LogP contribution in [-0.4, -0.2) is 47.4 Å². The zero-order chi connectivity index (χ0) is 14.6. The molecule has 0 bridgehead atoms. The van der Waals surface area contributed by atoms with Crippen molar-refractivity contribution in [2.45, 2.75) is 62.5 Å². The Labute approximate surface area is 123 Å². The van der Waals surface area contributed by atoms with E-state index in [1.54, 1.807) is 0 Å². The summed E-state index contributed by atoms with van der Waals surface area (Å²) in [5.74, 6) is 0.157. The average Bonchev–Trinajstić information content (AvgIpc) is 2.82. The molecule has 1 atom stereocenters. The highest BCUT2D eigenvalue weighted by atomic mass is 32.2. The lowest BCUT2D eigenvalue weighted by molar-refractivity contribution is -0.0332. The summed E-state index contributed by atoms with van der Waals surface area (Å²) in [4.78, 5) is 2.36. The highest BCUT2D eigenvalue weighted by molar-refractivity contribution is 8.00. The van der Waals surface area contributed by atoms with Gasteiger partial charge in [0.15, 0.2) is 0 Å². The van der Waals surface area contributed by atoms with Gasteiger partial charge in [-0.05, 0) is 31.0 Å². The Bertz CT molecular complexity index is 303. The first-order valence-corrected chi connectivity index (χ1v) is 8.63. The standard InChI is InChI=1S/C14H25F3N2S/c1-2-5-12-10-19(8-9-20-14(15,16)17)13(11-18-12)6-3-4-7-13/h12,18H,2-11H2,1H3. The van der Waals surface area contributed by atoms with Crippen LogP contribution < -0.4 is 5.32 Å². The van der Waals surface area contributed by atoms with Gasteiger partial charge in [-0.25, -0.2) is 0 Å². The van der Waals surface area contributed by atoms with E-state index in [1.807, 2.05) is 0 Å². The molecule has 1 unspecified atom stereocenters. The number of hydrogen-bond donors (Lipinski definition) is 1. The van der Waals surface area contributed by atoms with Crippen molar-refractivity contribution in [3.8, 4) is 0 Å². The maximum absolute atomic E-state index is 12.3. The van der Waals surface area contributed by atoms with Crippen molar-refractivity contribution in [2.75, 3.05) is 25.4 Å². The van der Waals surface area contributed by atoms with Crippen molar-refractivity contribution < 1.29 is 13.2 Å². The largest absolute Gasteiger partial charge is 0.441 e. The van der Waals surface area contributed by atoms with E-state index in [0.717, 1.165) is 38.8 Å². The molecule has 1 saturated carbocycles. The van der Waals surface area contributed by atoms with Crippen molar-refractivity contribution in [3.05, 3.63) is 0 Å². The van der Waals surface area contributed by atoms with Gasteiger partial charge in [0.2, 0.25) is 0 Å². The van der Waals surface area contributed by atoms with E-state index >= 15 is 0 Å². The summed E-state index contributed by atoms with van der Waals surface area (Å²) in [6.45, 7) is 4.58. The van der Waals surface area contributed by atoms with Gasteiger partial charge in [0.25, 0.3) is 0 Å². The molecule has 1 spiro atoms. The second-order valence-electron chi connectivity index (χ2n) is 6.04. The van der Waals surface area contributed by atoms with Crippen LogP contribution in [0.5, 0.6) is 0 Å². The van der Waals surface area contributed by atoms with Crippen LogP contribution in [0.15, 0.2) is 0 Å². The van der Waals surface area contributed by atoms with E-state index in [0.29, 0.717) is 12.6 Å². The lowest BCUT2D eigenvalue weighted by Gasteiger charge is -2.48. The second-order valence-corrected chi connectivity index (χ2v) is 7.20. The third-order valence-electron chi connectivity index (χ3n) is 4.63. The van der Waals surface area contributed by atoms with E-state index in [4.69, 9.17) is 0 Å². The molecule has 1 aliphatic heterocycles. The number of halogens is 3. The van der Waals surface area contributed by atoms with Crippen molar-refractivity contribution in [2.24, 2.45) is 0 Å². The van der Waals surface area contributed by atoms with Gasteiger partial charge >= 0.3 is 5.51 Å². The van der Waals surface area contributed by atoms with Gasteiger partial charge in [-0.15, -0.1) is 0 Å². The van der Waals surface area contributed by atoms with Crippen LogP contribution in [0.2, 0.25) is 0 Å². The summed E-state index contributed by atoms with van der Waals surface area (Å²) in [7, 11) is 0. The number of nitrogens with zero attached hydrogens (tertiary/aromatic N) is 1. The summed E-state index contributed by atoms with van der Waals surface area (Å²) < 4.78 is 36.9. The molecule has 1 N–H and O–H groups in total. The van der Waals surface area contributed by atoms with Crippen LogP contribution in [-0.2, 0) is 0 Å². The molecule has 2 nitrogen and oxygen atoms in total. The van der Waals surface area contributed by atoms with Gasteiger partial charge in [-0.3, -0.25) is 4.90 Å². The first-order valence-electron chi connectivity index (χ1n) is 7.64. The maximum atomic E-state index is 12.3. The van der Waals surface area contributed by atoms with E-state index < -0.39 is 5.51 Å². The fraction of sp³-hybridized carbons (Fsp3) is 1.00. The van der Waals surface area contributed by atoms with Crippen molar-refractivity contribution in [1.82, 2.24) is 10.2 Å². The fourth-order valence-electron chi connectivity index (χ4n) is 3.64. The minimum absolute atomic E-state index is 0.122. The Morgan fingerprint density at radius 1 is 1.30 bits per heavy atom. The van der Waals surface area contributed by atoms with E-state index in [9.17, 15) is 13.2 Å². The zero-order valence-electron chi connectivity index (χ0n) is 12.1. The topological polar surface area (TPSA) is 15.3 Å². The van der Waals surface area contributed by atoms with Gasteiger partial charge in [0, 0.05) is 37.0 Å². The van der Waals surface area contributed by atoms with Crippen molar-refractivity contribution in [1.29, 1.82) is 0 Å². The van der Waals surface area contributed by atoms with Crippen LogP contribution in [0.3, 0.4) is 0 Å². The Balaban J connectivity index is 1.91. The monoisotopic (exact) mass is 310 g/mol. The minimum atomic E-state index is -4.10. The van der Waals surface area contributed by atoms with Crippen LogP contribution >= 0.6 is 11.8 Å². The van der Waals surface area contributed by atoms with Crippen LogP contribution in [0.25, 0.3) is 0 Å². The summed E-state index contributed by atoms with van der Waals surface area (Å²) in [5, 5.41) is 3.62. The van der Waals surface area contributed by atoms with E-state index in [-0.39, 0.29) is 23.1 Å². The third kappa shape index (κ3) is 4.28. The van der Waals surface area contributed by atoms with Crippen molar-refractivity contribution in [3.63, 3.8) is 0 Å². The first kappa shape index (κ1) is 16.4. The summed E-state index contributed by atoms with van der Waals surface area (Å²) in [5.41, 5.74) is -3.96. The normalized spacial score (nSPS) is 27.3. The van der Waals surface area contributed by atoms with Crippen molar-refractivity contribution >= 4 is 11.8 Å². The molecule has 2 rings (SSSR count). The van der Waals surface area contributed by atoms with Crippen LogP contribution in [0.4, 0.5) is 13.2 Å². The number of alkyl halides is 3. The fourth-order valence-corrected chi connectivity index (χ4v) is 4.18. The predicted octanol–water partition coefficient (Wildman–Crippen LogP) is 3.63. The molecule has 0 amide bonds. The highest BCUT2D eigenvalue weighted by Crippen LogP contribution is 2.38. The maximum Gasteiger partial charge on any atom is 0.441 e. The van der Waals surface area contributed by atoms with E-state index in [2.05, 4.69) is 17.1 Å². The van der Waals surface area contributed by atoms with Gasteiger partial charge in [-0.2, -0.15) is 13.2 Å². The summed E-state index contributed by atoms with van der Waals surface area (Å²) >= 11 is 0.122.